The zero-order valence-electron chi connectivity index (χ0n) is 24.3. The van der Waals surface area contributed by atoms with Crippen LogP contribution < -0.4 is 9.62 Å². The van der Waals surface area contributed by atoms with Crippen LogP contribution in [0.15, 0.2) is 77.7 Å². The van der Waals surface area contributed by atoms with Crippen LogP contribution in [-0.4, -0.2) is 43.8 Å². The number of rotatable bonds is 12. The lowest BCUT2D eigenvalue weighted by atomic mass is 10.1. The summed E-state index contributed by atoms with van der Waals surface area (Å²) in [6.45, 7) is 11.2. The second kappa shape index (κ2) is 13.6. The van der Waals surface area contributed by atoms with Crippen LogP contribution in [0.5, 0.6) is 0 Å². The van der Waals surface area contributed by atoms with Gasteiger partial charge in [-0.3, -0.25) is 13.9 Å². The maximum absolute atomic E-state index is 14.1. The van der Waals surface area contributed by atoms with Gasteiger partial charge in [0.2, 0.25) is 11.8 Å². The van der Waals surface area contributed by atoms with Gasteiger partial charge in [0.05, 0.1) is 10.6 Å². The highest BCUT2D eigenvalue weighted by Gasteiger charge is 2.34. The minimum absolute atomic E-state index is 0.0519. The lowest BCUT2D eigenvalue weighted by molar-refractivity contribution is -0.140. The minimum Gasteiger partial charge on any atom is -0.352 e. The third-order valence-electron chi connectivity index (χ3n) is 6.96. The van der Waals surface area contributed by atoms with Crippen molar-refractivity contribution in [3.63, 3.8) is 0 Å². The number of aryl methyl sites for hydroxylation is 3. The molecule has 0 aromatic heterocycles. The highest BCUT2D eigenvalue weighted by Crippen LogP contribution is 2.27. The third kappa shape index (κ3) is 7.72. The lowest BCUT2D eigenvalue weighted by Crippen LogP contribution is -2.53. The summed E-state index contributed by atoms with van der Waals surface area (Å²) in [6, 6.07) is 20.7. The average molecular weight is 564 g/mol. The van der Waals surface area contributed by atoms with Gasteiger partial charge in [0.15, 0.2) is 0 Å². The highest BCUT2D eigenvalue weighted by atomic mass is 32.2. The van der Waals surface area contributed by atoms with Crippen molar-refractivity contribution in [3.8, 4) is 0 Å². The number of amides is 2. The van der Waals surface area contributed by atoms with E-state index < -0.39 is 28.5 Å². The van der Waals surface area contributed by atoms with Gasteiger partial charge in [0.25, 0.3) is 10.0 Å². The van der Waals surface area contributed by atoms with Crippen molar-refractivity contribution >= 4 is 27.5 Å². The molecule has 0 unspecified atom stereocenters. The normalized spacial score (nSPS) is 12.8. The molecule has 0 spiro atoms. The van der Waals surface area contributed by atoms with E-state index in [1.165, 1.54) is 4.90 Å². The predicted octanol–water partition coefficient (Wildman–Crippen LogP) is 5.53. The number of nitrogens with zero attached hydrogens (tertiary/aromatic N) is 2. The molecular formula is C32H41N3O4S. The molecule has 0 aliphatic carbocycles. The van der Waals surface area contributed by atoms with E-state index in [0.29, 0.717) is 12.1 Å². The van der Waals surface area contributed by atoms with E-state index in [2.05, 4.69) is 5.32 Å². The standard InChI is InChI=1S/C32H41N3O4S/c1-7-26(6)33-32(37)30(8-2)34(21-27-12-10-9-11-13-27)31(36)22-35(28-19-24(4)18-25(5)20-28)40(38,39)29-16-14-23(3)15-17-29/h9-20,26,30H,7-8,21-22H2,1-6H3,(H,33,37)/t26-,30+/m0/s1. The van der Waals surface area contributed by atoms with Gasteiger partial charge in [0.1, 0.15) is 12.6 Å². The molecule has 0 heterocycles. The number of nitrogens with one attached hydrogen (secondary N) is 1. The molecule has 3 aromatic rings. The molecule has 40 heavy (non-hydrogen) atoms. The fourth-order valence-corrected chi connectivity index (χ4v) is 6.00. The molecule has 3 aromatic carbocycles. The van der Waals surface area contributed by atoms with E-state index in [4.69, 9.17) is 0 Å². The van der Waals surface area contributed by atoms with Crippen LogP contribution in [0.3, 0.4) is 0 Å². The topological polar surface area (TPSA) is 86.8 Å². The maximum atomic E-state index is 14.1. The summed E-state index contributed by atoms with van der Waals surface area (Å²) in [7, 11) is -4.10. The molecule has 0 radical (unpaired) electrons. The molecule has 2 amide bonds. The molecule has 7 nitrogen and oxygen atoms in total. The second-order valence-electron chi connectivity index (χ2n) is 10.4. The van der Waals surface area contributed by atoms with Gasteiger partial charge in [0, 0.05) is 12.6 Å². The first kappa shape index (κ1) is 30.9. The van der Waals surface area contributed by atoms with Crippen LogP contribution in [0, 0.1) is 20.8 Å². The lowest BCUT2D eigenvalue weighted by Gasteiger charge is -2.34. The van der Waals surface area contributed by atoms with Gasteiger partial charge in [-0.1, -0.05) is 67.9 Å². The molecule has 0 saturated heterocycles. The van der Waals surface area contributed by atoms with Crippen molar-refractivity contribution in [2.45, 2.75) is 77.9 Å². The van der Waals surface area contributed by atoms with E-state index >= 15 is 0 Å². The molecule has 1 N–H and O–H groups in total. The molecule has 0 fully saturated rings. The largest absolute Gasteiger partial charge is 0.352 e. The summed E-state index contributed by atoms with van der Waals surface area (Å²) in [5, 5.41) is 3.00. The van der Waals surface area contributed by atoms with Gasteiger partial charge in [-0.15, -0.1) is 0 Å². The second-order valence-corrected chi connectivity index (χ2v) is 12.3. The molecule has 0 saturated carbocycles. The summed E-state index contributed by atoms with van der Waals surface area (Å²) >= 11 is 0. The number of hydrogen-bond donors (Lipinski definition) is 1. The summed E-state index contributed by atoms with van der Waals surface area (Å²) < 4.78 is 29.2. The Labute approximate surface area is 239 Å². The fraction of sp³-hybridized carbons (Fsp3) is 0.375. The van der Waals surface area contributed by atoms with Crippen LogP contribution in [0.25, 0.3) is 0 Å². The molecule has 0 aliphatic heterocycles. The van der Waals surface area contributed by atoms with Crippen LogP contribution in [0.1, 0.15) is 55.9 Å². The third-order valence-corrected chi connectivity index (χ3v) is 8.75. The number of anilines is 1. The number of sulfonamides is 1. The molecule has 0 aliphatic rings. The zero-order valence-corrected chi connectivity index (χ0v) is 25.2. The fourth-order valence-electron chi connectivity index (χ4n) is 4.60. The highest BCUT2D eigenvalue weighted by molar-refractivity contribution is 7.92. The SMILES string of the molecule is CC[C@H](C(=O)N[C@@H](C)CC)N(Cc1ccccc1)C(=O)CN(c1cc(C)cc(C)c1)S(=O)(=O)c1ccc(C)cc1. The van der Waals surface area contributed by atoms with E-state index in [0.717, 1.165) is 33.0 Å². The molecular weight excluding hydrogens is 522 g/mol. The molecule has 214 valence electrons. The van der Waals surface area contributed by atoms with Crippen molar-refractivity contribution in [1.29, 1.82) is 0 Å². The Bertz CT molecular complexity index is 1390. The van der Waals surface area contributed by atoms with Crippen LogP contribution >= 0.6 is 0 Å². The summed E-state index contributed by atoms with van der Waals surface area (Å²) in [4.78, 5) is 29.1. The van der Waals surface area contributed by atoms with Crippen molar-refractivity contribution in [3.05, 3.63) is 95.1 Å². The Balaban J connectivity index is 2.08. The molecule has 2 atom stereocenters. The smallest absolute Gasteiger partial charge is 0.264 e. The van der Waals surface area contributed by atoms with E-state index in [1.54, 1.807) is 36.4 Å². The van der Waals surface area contributed by atoms with Gasteiger partial charge in [-0.05, 0) is 81.5 Å². The molecule has 0 bridgehead atoms. The molecule has 3 rings (SSSR count). The summed E-state index contributed by atoms with van der Waals surface area (Å²) in [5.74, 6) is -0.703. The quantitative estimate of drug-likeness (QED) is 0.314. The Morgan fingerprint density at radius 3 is 1.98 bits per heavy atom. The Morgan fingerprint density at radius 1 is 0.825 bits per heavy atom. The van der Waals surface area contributed by atoms with Crippen molar-refractivity contribution in [2.24, 2.45) is 0 Å². The first-order chi connectivity index (χ1) is 19.0. The summed E-state index contributed by atoms with van der Waals surface area (Å²) in [5.41, 5.74) is 3.95. The van der Waals surface area contributed by atoms with Crippen LogP contribution in [0.2, 0.25) is 0 Å². The number of carbonyl (C=O) groups excluding carboxylic acids is 2. The van der Waals surface area contributed by atoms with Gasteiger partial charge >= 0.3 is 0 Å². The zero-order chi connectivity index (χ0) is 29.4. The summed E-state index contributed by atoms with van der Waals surface area (Å²) in [6.07, 6.45) is 1.14. The predicted molar refractivity (Wildman–Crippen MR) is 161 cm³/mol. The van der Waals surface area contributed by atoms with E-state index in [9.17, 15) is 18.0 Å². The average Bonchev–Trinajstić information content (AvgIpc) is 2.91. The maximum Gasteiger partial charge on any atom is 0.264 e. The van der Waals surface area contributed by atoms with Crippen molar-refractivity contribution < 1.29 is 18.0 Å². The first-order valence-electron chi connectivity index (χ1n) is 13.8. The monoisotopic (exact) mass is 563 g/mol. The van der Waals surface area contributed by atoms with E-state index in [-0.39, 0.29) is 23.4 Å². The number of hydrogen-bond acceptors (Lipinski definition) is 4. The van der Waals surface area contributed by atoms with E-state index in [1.807, 2.05) is 77.9 Å². The Morgan fingerprint density at radius 2 is 1.43 bits per heavy atom. The van der Waals surface area contributed by atoms with Gasteiger partial charge < -0.3 is 10.2 Å². The van der Waals surface area contributed by atoms with Gasteiger partial charge in [-0.25, -0.2) is 8.42 Å². The van der Waals surface area contributed by atoms with Crippen molar-refractivity contribution in [2.75, 3.05) is 10.8 Å². The van der Waals surface area contributed by atoms with Crippen LogP contribution in [-0.2, 0) is 26.2 Å². The number of carbonyl (C=O) groups is 2. The Hall–Kier alpha value is -3.65. The van der Waals surface area contributed by atoms with Crippen LogP contribution in [0.4, 0.5) is 5.69 Å². The van der Waals surface area contributed by atoms with Gasteiger partial charge in [-0.2, -0.15) is 0 Å². The Kier molecular flexibility index (Phi) is 10.5. The first-order valence-corrected chi connectivity index (χ1v) is 15.2. The minimum atomic E-state index is -4.10. The number of benzene rings is 3. The molecule has 8 heteroatoms. The van der Waals surface area contributed by atoms with Crippen molar-refractivity contribution in [1.82, 2.24) is 10.2 Å².